The van der Waals surface area contributed by atoms with E-state index in [2.05, 4.69) is 14.0 Å². The molecule has 4 nitrogen and oxygen atoms in total. The summed E-state index contributed by atoms with van der Waals surface area (Å²) < 4.78 is 18.1. The predicted molar refractivity (Wildman–Crippen MR) is 106 cm³/mol. The Kier molecular flexibility index (Phi) is 5.15. The van der Waals surface area contributed by atoms with Crippen molar-refractivity contribution in [2.45, 2.75) is 22.6 Å². The van der Waals surface area contributed by atoms with E-state index in [1.165, 1.54) is 17.7 Å². The molecule has 7 heteroatoms. The SMILES string of the molecule is [O-][S+](Nc1cccc2c(Cl)c[nH]c12)c1ccc(SN2CCCC2)cc1. The minimum absolute atomic E-state index is 0.660. The summed E-state index contributed by atoms with van der Waals surface area (Å²) in [6.45, 7) is 2.28. The summed E-state index contributed by atoms with van der Waals surface area (Å²) in [6, 6.07) is 13.6. The van der Waals surface area contributed by atoms with Crippen LogP contribution < -0.4 is 4.72 Å². The minimum Gasteiger partial charge on any atom is -0.588 e. The smallest absolute Gasteiger partial charge is 0.180 e. The second kappa shape index (κ2) is 7.51. The zero-order chi connectivity index (χ0) is 17.2. The normalized spacial score (nSPS) is 16.4. The molecule has 1 aliphatic heterocycles. The molecular weight excluding hydrogens is 374 g/mol. The van der Waals surface area contributed by atoms with Gasteiger partial charge in [0.25, 0.3) is 0 Å². The molecule has 25 heavy (non-hydrogen) atoms. The zero-order valence-electron chi connectivity index (χ0n) is 13.5. The lowest BCUT2D eigenvalue weighted by atomic mass is 10.2. The highest BCUT2D eigenvalue weighted by Crippen LogP contribution is 2.31. The first-order valence-electron chi connectivity index (χ1n) is 8.18. The van der Waals surface area contributed by atoms with Gasteiger partial charge in [0.05, 0.1) is 10.5 Å². The van der Waals surface area contributed by atoms with Crippen LogP contribution in [0.3, 0.4) is 0 Å². The maximum absolute atomic E-state index is 12.7. The molecular formula is C18H18ClN3OS2. The van der Waals surface area contributed by atoms with E-state index in [0.717, 1.165) is 34.6 Å². The van der Waals surface area contributed by atoms with Gasteiger partial charge in [-0.2, -0.15) is 0 Å². The molecule has 0 saturated carbocycles. The van der Waals surface area contributed by atoms with Crippen LogP contribution in [0.25, 0.3) is 10.9 Å². The Labute approximate surface area is 159 Å². The molecule has 4 rings (SSSR count). The second-order valence-corrected chi connectivity index (χ2v) is 8.72. The molecule has 2 heterocycles. The van der Waals surface area contributed by atoms with Gasteiger partial charge in [0, 0.05) is 29.6 Å². The number of hydrogen-bond donors (Lipinski definition) is 2. The van der Waals surface area contributed by atoms with Crippen LogP contribution in [-0.4, -0.2) is 26.9 Å². The topological polar surface area (TPSA) is 54.1 Å². The van der Waals surface area contributed by atoms with Crippen molar-refractivity contribution in [1.29, 1.82) is 0 Å². The first-order chi connectivity index (χ1) is 12.2. The number of benzene rings is 2. The summed E-state index contributed by atoms with van der Waals surface area (Å²) in [5.74, 6) is 0. The van der Waals surface area contributed by atoms with Crippen LogP contribution in [0.2, 0.25) is 5.02 Å². The van der Waals surface area contributed by atoms with E-state index >= 15 is 0 Å². The maximum atomic E-state index is 12.7. The number of H-pyrrole nitrogens is 1. The molecule has 0 aliphatic carbocycles. The number of nitrogens with zero attached hydrogens (tertiary/aromatic N) is 1. The van der Waals surface area contributed by atoms with E-state index < -0.39 is 11.4 Å². The summed E-state index contributed by atoms with van der Waals surface area (Å²) in [7, 11) is 0. The van der Waals surface area contributed by atoms with Gasteiger partial charge in [-0.25, -0.2) is 9.03 Å². The van der Waals surface area contributed by atoms with Gasteiger partial charge in [-0.05, 0) is 55.1 Å². The Morgan fingerprint density at radius 1 is 1.12 bits per heavy atom. The number of halogens is 1. The summed E-state index contributed by atoms with van der Waals surface area (Å²) in [4.78, 5) is 5.06. The highest BCUT2D eigenvalue weighted by atomic mass is 35.5. The van der Waals surface area contributed by atoms with Gasteiger partial charge in [0.1, 0.15) is 17.0 Å². The van der Waals surface area contributed by atoms with E-state index in [0.29, 0.717) is 5.02 Å². The Morgan fingerprint density at radius 2 is 1.88 bits per heavy atom. The number of anilines is 1. The second-order valence-electron chi connectivity index (χ2n) is 5.93. The van der Waals surface area contributed by atoms with Crippen LogP contribution in [0.1, 0.15) is 12.8 Å². The monoisotopic (exact) mass is 391 g/mol. The number of hydrogen-bond acceptors (Lipinski definition) is 4. The number of aromatic nitrogens is 1. The van der Waals surface area contributed by atoms with Crippen molar-refractivity contribution in [1.82, 2.24) is 9.29 Å². The summed E-state index contributed by atoms with van der Waals surface area (Å²) in [5, 5.41) is 1.58. The van der Waals surface area contributed by atoms with Crippen LogP contribution in [0.5, 0.6) is 0 Å². The van der Waals surface area contributed by atoms with E-state index in [4.69, 9.17) is 11.6 Å². The number of rotatable bonds is 5. The van der Waals surface area contributed by atoms with Gasteiger partial charge >= 0.3 is 0 Å². The quantitative estimate of drug-likeness (QED) is 0.471. The molecule has 1 aromatic heterocycles. The van der Waals surface area contributed by atoms with Crippen LogP contribution in [0.4, 0.5) is 5.69 Å². The standard InChI is InChI=1S/C18H18ClN3OS2/c19-16-12-20-18-15(16)4-3-5-17(18)21-25(23)14-8-6-13(7-9-14)24-22-10-1-2-11-22/h3-9,12,20-21H,1-2,10-11H2. The number of fused-ring (bicyclic) bond motifs is 1. The molecule has 0 radical (unpaired) electrons. The average molecular weight is 392 g/mol. The molecule has 0 bridgehead atoms. The van der Waals surface area contributed by atoms with Crippen molar-refractivity contribution in [2.24, 2.45) is 0 Å². The minimum atomic E-state index is -1.33. The van der Waals surface area contributed by atoms with Gasteiger partial charge < -0.3 is 9.54 Å². The van der Waals surface area contributed by atoms with Crippen LogP contribution in [-0.2, 0) is 11.4 Å². The summed E-state index contributed by atoms with van der Waals surface area (Å²) in [5.41, 5.74) is 1.64. The van der Waals surface area contributed by atoms with E-state index in [-0.39, 0.29) is 0 Å². The predicted octanol–water partition coefficient (Wildman–Crippen LogP) is 5.06. The lowest BCUT2D eigenvalue weighted by Gasteiger charge is -2.14. The Hall–Kier alpha value is -1.31. The van der Waals surface area contributed by atoms with Crippen molar-refractivity contribution in [3.05, 3.63) is 53.7 Å². The third-order valence-corrected chi connectivity index (χ3v) is 6.73. The third-order valence-electron chi connectivity index (χ3n) is 4.20. The Bertz CT molecular complexity index is 862. The Balaban J connectivity index is 1.47. The summed E-state index contributed by atoms with van der Waals surface area (Å²) in [6.07, 6.45) is 4.28. The van der Waals surface area contributed by atoms with Crippen LogP contribution >= 0.6 is 23.5 Å². The number of para-hydroxylation sites is 1. The third kappa shape index (κ3) is 3.78. The number of aromatic amines is 1. The highest BCUT2D eigenvalue weighted by Gasteiger charge is 2.16. The van der Waals surface area contributed by atoms with E-state index in [9.17, 15) is 4.55 Å². The largest absolute Gasteiger partial charge is 0.588 e. The van der Waals surface area contributed by atoms with Gasteiger partial charge in [0.2, 0.25) is 0 Å². The fourth-order valence-electron chi connectivity index (χ4n) is 2.92. The van der Waals surface area contributed by atoms with Gasteiger partial charge in [-0.1, -0.05) is 23.7 Å². The van der Waals surface area contributed by atoms with E-state index in [1.54, 1.807) is 18.1 Å². The molecule has 1 atom stereocenters. The molecule has 0 spiro atoms. The first-order valence-corrected chi connectivity index (χ1v) is 10.5. The van der Waals surface area contributed by atoms with Gasteiger partial charge in [-0.3, -0.25) is 0 Å². The number of nitrogens with one attached hydrogen (secondary N) is 2. The lowest BCUT2D eigenvalue weighted by molar-refractivity contribution is 0.586. The highest BCUT2D eigenvalue weighted by molar-refractivity contribution is 7.97. The molecule has 2 N–H and O–H groups in total. The Morgan fingerprint density at radius 3 is 2.64 bits per heavy atom. The zero-order valence-corrected chi connectivity index (χ0v) is 15.9. The fourth-order valence-corrected chi connectivity index (χ4v) is 5.00. The van der Waals surface area contributed by atoms with Gasteiger partial charge in [-0.15, -0.1) is 0 Å². The van der Waals surface area contributed by atoms with Crippen molar-refractivity contribution in [2.75, 3.05) is 17.8 Å². The maximum Gasteiger partial charge on any atom is 0.180 e. The molecule has 1 fully saturated rings. The molecule has 1 saturated heterocycles. The van der Waals surface area contributed by atoms with Crippen molar-refractivity contribution in [3.8, 4) is 0 Å². The molecule has 1 aliphatic rings. The van der Waals surface area contributed by atoms with Crippen LogP contribution in [0.15, 0.2) is 58.5 Å². The molecule has 1 unspecified atom stereocenters. The van der Waals surface area contributed by atoms with E-state index in [1.807, 2.05) is 42.5 Å². The average Bonchev–Trinajstić information content (AvgIpc) is 3.26. The first kappa shape index (κ1) is 17.1. The van der Waals surface area contributed by atoms with Crippen LogP contribution in [0, 0.1) is 0 Å². The molecule has 0 amide bonds. The molecule has 3 aromatic rings. The fraction of sp³-hybridized carbons (Fsp3) is 0.222. The lowest BCUT2D eigenvalue weighted by Crippen LogP contribution is -2.13. The van der Waals surface area contributed by atoms with Crippen molar-refractivity contribution in [3.63, 3.8) is 0 Å². The van der Waals surface area contributed by atoms with Gasteiger partial charge in [0.15, 0.2) is 4.90 Å². The molecule has 2 aromatic carbocycles. The van der Waals surface area contributed by atoms with Crippen molar-refractivity contribution >= 4 is 51.5 Å². The molecule has 130 valence electrons. The summed E-state index contributed by atoms with van der Waals surface area (Å²) >= 11 is 6.59. The van der Waals surface area contributed by atoms with Crippen molar-refractivity contribution < 1.29 is 4.55 Å².